The Bertz CT molecular complexity index is 412. The van der Waals surface area contributed by atoms with E-state index in [4.69, 9.17) is 5.11 Å². The van der Waals surface area contributed by atoms with Crippen LogP contribution in [0, 0.1) is 5.41 Å². The molecular weight excluding hydrogens is 218 g/mol. The summed E-state index contributed by atoms with van der Waals surface area (Å²) in [6, 6.07) is 1.59. The number of rotatable bonds is 3. The Balaban J connectivity index is 3.00. The number of aromatic nitrogens is 2. The molecule has 0 aromatic carbocycles. The van der Waals surface area contributed by atoms with E-state index in [-0.39, 0.29) is 17.2 Å². The Labute approximate surface area is 102 Å². The van der Waals surface area contributed by atoms with Gasteiger partial charge in [-0.25, -0.2) is 14.8 Å². The zero-order valence-corrected chi connectivity index (χ0v) is 10.9. The van der Waals surface area contributed by atoms with Gasteiger partial charge in [0.25, 0.3) is 0 Å². The highest BCUT2D eigenvalue weighted by molar-refractivity contribution is 5.85. The monoisotopic (exact) mass is 237 g/mol. The third-order valence-electron chi connectivity index (χ3n) is 3.01. The van der Waals surface area contributed by atoms with Gasteiger partial charge in [-0.05, 0) is 18.4 Å². The highest BCUT2D eigenvalue weighted by Crippen LogP contribution is 2.25. The van der Waals surface area contributed by atoms with Crippen molar-refractivity contribution in [3.8, 4) is 0 Å². The van der Waals surface area contributed by atoms with Crippen molar-refractivity contribution in [2.75, 3.05) is 11.9 Å². The predicted molar refractivity (Wildman–Crippen MR) is 66.3 cm³/mol. The van der Waals surface area contributed by atoms with Gasteiger partial charge in [-0.15, -0.1) is 0 Å². The topological polar surface area (TPSA) is 66.3 Å². The molecule has 1 unspecified atom stereocenters. The summed E-state index contributed by atoms with van der Waals surface area (Å²) >= 11 is 0. The van der Waals surface area contributed by atoms with Gasteiger partial charge in [0.2, 0.25) is 5.95 Å². The smallest absolute Gasteiger partial charge is 0.354 e. The Morgan fingerprint density at radius 1 is 1.47 bits per heavy atom. The third kappa shape index (κ3) is 3.15. The predicted octanol–water partition coefficient (Wildman–Crippen LogP) is 2.05. The molecule has 1 aromatic rings. The maximum Gasteiger partial charge on any atom is 0.354 e. The molecule has 0 bridgehead atoms. The molecule has 94 valence electrons. The Morgan fingerprint density at radius 3 is 2.53 bits per heavy atom. The lowest BCUT2D eigenvalue weighted by molar-refractivity contribution is 0.0690. The lowest BCUT2D eigenvalue weighted by Crippen LogP contribution is -2.40. The van der Waals surface area contributed by atoms with Gasteiger partial charge in [0.15, 0.2) is 5.69 Å². The van der Waals surface area contributed by atoms with Crippen molar-refractivity contribution < 1.29 is 9.90 Å². The molecule has 0 saturated heterocycles. The lowest BCUT2D eigenvalue weighted by Gasteiger charge is -2.35. The molecule has 1 aromatic heterocycles. The first-order valence-corrected chi connectivity index (χ1v) is 5.52. The van der Waals surface area contributed by atoms with Crippen molar-refractivity contribution in [3.63, 3.8) is 0 Å². The summed E-state index contributed by atoms with van der Waals surface area (Å²) in [6.07, 6.45) is 1.47. The van der Waals surface area contributed by atoms with Crippen molar-refractivity contribution in [2.45, 2.75) is 33.7 Å². The van der Waals surface area contributed by atoms with Gasteiger partial charge in [-0.3, -0.25) is 0 Å². The number of aromatic carboxylic acids is 1. The second-order valence-corrected chi connectivity index (χ2v) is 5.20. The van der Waals surface area contributed by atoms with Crippen LogP contribution in [0.1, 0.15) is 38.2 Å². The van der Waals surface area contributed by atoms with E-state index in [1.54, 1.807) is 0 Å². The fourth-order valence-electron chi connectivity index (χ4n) is 1.39. The number of carbonyl (C=O) groups is 1. The van der Waals surface area contributed by atoms with Gasteiger partial charge in [0.1, 0.15) is 0 Å². The second kappa shape index (κ2) is 4.69. The zero-order chi connectivity index (χ0) is 13.2. The summed E-state index contributed by atoms with van der Waals surface area (Å²) in [4.78, 5) is 20.9. The standard InChI is InChI=1S/C12H19N3O2/c1-8(12(2,3)4)15(5)11-13-7-6-9(14-11)10(16)17/h6-8H,1-5H3,(H,16,17). The molecule has 0 aliphatic heterocycles. The van der Waals surface area contributed by atoms with Gasteiger partial charge in [0, 0.05) is 19.3 Å². The molecule has 0 aliphatic carbocycles. The third-order valence-corrected chi connectivity index (χ3v) is 3.01. The lowest BCUT2D eigenvalue weighted by atomic mass is 9.87. The van der Waals surface area contributed by atoms with E-state index in [1.807, 2.05) is 11.9 Å². The van der Waals surface area contributed by atoms with E-state index < -0.39 is 5.97 Å². The van der Waals surface area contributed by atoms with Crippen LogP contribution in [0.15, 0.2) is 12.3 Å². The molecule has 0 saturated carbocycles. The molecular formula is C12H19N3O2. The number of anilines is 1. The molecule has 17 heavy (non-hydrogen) atoms. The molecule has 1 heterocycles. The highest BCUT2D eigenvalue weighted by Gasteiger charge is 2.25. The minimum atomic E-state index is -1.04. The highest BCUT2D eigenvalue weighted by atomic mass is 16.4. The van der Waals surface area contributed by atoms with Crippen LogP contribution in [0.2, 0.25) is 0 Å². The number of carboxylic acid groups (broad SMARTS) is 1. The first-order chi connectivity index (χ1) is 7.73. The Morgan fingerprint density at radius 2 is 2.06 bits per heavy atom. The van der Waals surface area contributed by atoms with E-state index in [1.165, 1.54) is 12.3 Å². The zero-order valence-electron chi connectivity index (χ0n) is 10.9. The van der Waals surface area contributed by atoms with Crippen LogP contribution >= 0.6 is 0 Å². The average Bonchev–Trinajstić information content (AvgIpc) is 2.26. The molecule has 1 rings (SSSR count). The maximum absolute atomic E-state index is 10.8. The quantitative estimate of drug-likeness (QED) is 0.871. The minimum absolute atomic E-state index is 0.0166. The van der Waals surface area contributed by atoms with Crippen molar-refractivity contribution in [3.05, 3.63) is 18.0 Å². The summed E-state index contributed by atoms with van der Waals surface area (Å²) in [6.45, 7) is 8.43. The fourth-order valence-corrected chi connectivity index (χ4v) is 1.39. The van der Waals surface area contributed by atoms with Crippen LogP contribution in [0.3, 0.4) is 0 Å². The molecule has 0 spiro atoms. The van der Waals surface area contributed by atoms with Crippen molar-refractivity contribution >= 4 is 11.9 Å². The SMILES string of the molecule is CC(N(C)c1nccc(C(=O)O)n1)C(C)(C)C. The summed E-state index contributed by atoms with van der Waals surface area (Å²) < 4.78 is 0. The Hall–Kier alpha value is -1.65. The fraction of sp³-hybridized carbons (Fsp3) is 0.583. The largest absolute Gasteiger partial charge is 0.477 e. The van der Waals surface area contributed by atoms with Gasteiger partial charge in [-0.2, -0.15) is 0 Å². The normalized spacial score (nSPS) is 13.2. The van der Waals surface area contributed by atoms with E-state index in [2.05, 4.69) is 37.7 Å². The molecule has 0 amide bonds. The van der Waals surface area contributed by atoms with Crippen LogP contribution in [0.4, 0.5) is 5.95 Å². The average molecular weight is 237 g/mol. The van der Waals surface area contributed by atoms with E-state index >= 15 is 0 Å². The van der Waals surface area contributed by atoms with E-state index in [0.29, 0.717) is 5.95 Å². The number of hydrogen-bond donors (Lipinski definition) is 1. The second-order valence-electron chi connectivity index (χ2n) is 5.20. The van der Waals surface area contributed by atoms with Crippen LogP contribution in [-0.2, 0) is 0 Å². The minimum Gasteiger partial charge on any atom is -0.477 e. The van der Waals surface area contributed by atoms with E-state index in [9.17, 15) is 4.79 Å². The maximum atomic E-state index is 10.8. The molecule has 0 fully saturated rings. The van der Waals surface area contributed by atoms with Crippen molar-refractivity contribution in [1.82, 2.24) is 9.97 Å². The summed E-state index contributed by atoms with van der Waals surface area (Å²) in [5.41, 5.74) is 0.0834. The molecule has 0 aliphatic rings. The summed E-state index contributed by atoms with van der Waals surface area (Å²) in [5, 5.41) is 8.88. The van der Waals surface area contributed by atoms with Crippen LogP contribution in [-0.4, -0.2) is 34.1 Å². The van der Waals surface area contributed by atoms with Crippen LogP contribution in [0.5, 0.6) is 0 Å². The van der Waals surface area contributed by atoms with Crippen molar-refractivity contribution in [2.24, 2.45) is 5.41 Å². The van der Waals surface area contributed by atoms with Gasteiger partial charge >= 0.3 is 5.97 Å². The molecule has 5 heteroatoms. The van der Waals surface area contributed by atoms with Gasteiger partial charge in [0.05, 0.1) is 0 Å². The van der Waals surface area contributed by atoms with Gasteiger partial charge in [-0.1, -0.05) is 20.8 Å². The van der Waals surface area contributed by atoms with Gasteiger partial charge < -0.3 is 10.0 Å². The van der Waals surface area contributed by atoms with Crippen LogP contribution in [0.25, 0.3) is 0 Å². The number of nitrogens with zero attached hydrogens (tertiary/aromatic N) is 3. The summed E-state index contributed by atoms with van der Waals surface area (Å²) in [7, 11) is 1.87. The first-order valence-electron chi connectivity index (χ1n) is 5.52. The Kier molecular flexibility index (Phi) is 3.70. The molecule has 1 N–H and O–H groups in total. The first kappa shape index (κ1) is 13.4. The number of hydrogen-bond acceptors (Lipinski definition) is 4. The molecule has 1 atom stereocenters. The molecule has 5 nitrogen and oxygen atoms in total. The summed E-state index contributed by atoms with van der Waals surface area (Å²) in [5.74, 6) is -0.599. The number of carboxylic acids is 1. The van der Waals surface area contributed by atoms with Crippen LogP contribution < -0.4 is 4.90 Å². The van der Waals surface area contributed by atoms with Crippen molar-refractivity contribution in [1.29, 1.82) is 0 Å². The van der Waals surface area contributed by atoms with E-state index in [0.717, 1.165) is 0 Å². The molecule has 0 radical (unpaired) electrons.